The zero-order chi connectivity index (χ0) is 19.9. The number of rotatable bonds is 4. The predicted octanol–water partition coefficient (Wildman–Crippen LogP) is 3.25. The summed E-state index contributed by atoms with van der Waals surface area (Å²) < 4.78 is 2.29. The third-order valence-corrected chi connectivity index (χ3v) is 6.22. The van der Waals surface area contributed by atoms with Crippen LogP contribution in [0.5, 0.6) is 0 Å². The fraction of sp³-hybridized carbons (Fsp3) is 0.364. The molecule has 2 aliphatic rings. The van der Waals surface area contributed by atoms with Crippen molar-refractivity contribution < 1.29 is 0 Å². The van der Waals surface area contributed by atoms with Gasteiger partial charge in [-0.25, -0.2) is 19.9 Å². The summed E-state index contributed by atoms with van der Waals surface area (Å²) in [7, 11) is 0. The van der Waals surface area contributed by atoms with Gasteiger partial charge < -0.3 is 20.1 Å². The fourth-order valence-corrected chi connectivity index (χ4v) is 4.30. The summed E-state index contributed by atoms with van der Waals surface area (Å²) in [6, 6.07) is 8.72. The van der Waals surface area contributed by atoms with Gasteiger partial charge in [-0.05, 0) is 43.5 Å². The molecule has 2 fully saturated rings. The smallest absolute Gasteiger partial charge is 0.228 e. The molecule has 6 rings (SSSR count). The number of piperazine rings is 1. The molecule has 1 aliphatic heterocycles. The summed E-state index contributed by atoms with van der Waals surface area (Å²) in [6.45, 7) is 4.04. The SMILES string of the molecule is c1cc(Nc2ncc3ccc4ncn(C5CCC5)c4c3n2)ncc1N1CCNCC1. The first-order chi connectivity index (χ1) is 14.8. The number of nitrogens with one attached hydrogen (secondary N) is 2. The Morgan fingerprint density at radius 1 is 0.967 bits per heavy atom. The van der Waals surface area contributed by atoms with E-state index in [9.17, 15) is 0 Å². The van der Waals surface area contributed by atoms with Crippen molar-refractivity contribution >= 4 is 39.4 Å². The summed E-state index contributed by atoms with van der Waals surface area (Å²) >= 11 is 0. The quantitative estimate of drug-likeness (QED) is 0.544. The van der Waals surface area contributed by atoms with Gasteiger partial charge in [0.1, 0.15) is 11.3 Å². The normalized spacial score (nSPS) is 17.4. The van der Waals surface area contributed by atoms with E-state index >= 15 is 0 Å². The van der Waals surface area contributed by atoms with Crippen LogP contribution >= 0.6 is 0 Å². The summed E-state index contributed by atoms with van der Waals surface area (Å²) in [6.07, 6.45) is 9.45. The van der Waals surface area contributed by atoms with Gasteiger partial charge in [-0.3, -0.25) is 0 Å². The molecular formula is C22H24N8. The monoisotopic (exact) mass is 400 g/mol. The molecule has 8 heteroatoms. The zero-order valence-electron chi connectivity index (χ0n) is 16.8. The number of hydrogen-bond donors (Lipinski definition) is 2. The van der Waals surface area contributed by atoms with Crippen molar-refractivity contribution in [1.29, 1.82) is 0 Å². The van der Waals surface area contributed by atoms with Gasteiger partial charge >= 0.3 is 0 Å². The van der Waals surface area contributed by atoms with Crippen molar-refractivity contribution in [2.24, 2.45) is 0 Å². The lowest BCUT2D eigenvalue weighted by Gasteiger charge is -2.29. The third-order valence-electron chi connectivity index (χ3n) is 6.22. The molecule has 1 aromatic carbocycles. The minimum Gasteiger partial charge on any atom is -0.368 e. The third kappa shape index (κ3) is 3.04. The minimum atomic E-state index is 0.533. The Kier molecular flexibility index (Phi) is 4.23. The van der Waals surface area contributed by atoms with E-state index in [4.69, 9.17) is 4.98 Å². The van der Waals surface area contributed by atoms with Gasteiger partial charge in [0.25, 0.3) is 0 Å². The predicted molar refractivity (Wildman–Crippen MR) is 118 cm³/mol. The van der Waals surface area contributed by atoms with Crippen LogP contribution in [0.3, 0.4) is 0 Å². The molecule has 1 saturated heterocycles. The van der Waals surface area contributed by atoms with Crippen LogP contribution in [0.4, 0.5) is 17.5 Å². The molecule has 0 bridgehead atoms. The van der Waals surface area contributed by atoms with Crippen LogP contribution in [0.2, 0.25) is 0 Å². The summed E-state index contributed by atoms with van der Waals surface area (Å²) in [5.41, 5.74) is 4.17. The second kappa shape index (κ2) is 7.21. The topological polar surface area (TPSA) is 83.8 Å². The lowest BCUT2D eigenvalue weighted by molar-refractivity contribution is 0.320. The Morgan fingerprint density at radius 3 is 2.63 bits per heavy atom. The van der Waals surface area contributed by atoms with Crippen LogP contribution in [-0.4, -0.2) is 50.7 Å². The molecule has 0 spiro atoms. The van der Waals surface area contributed by atoms with Crippen LogP contribution in [-0.2, 0) is 0 Å². The van der Waals surface area contributed by atoms with Crippen LogP contribution < -0.4 is 15.5 Å². The first-order valence-electron chi connectivity index (χ1n) is 10.7. The average molecular weight is 400 g/mol. The number of aromatic nitrogens is 5. The number of pyridine rings is 1. The first kappa shape index (κ1) is 17.6. The molecule has 30 heavy (non-hydrogen) atoms. The molecular weight excluding hydrogens is 376 g/mol. The number of nitrogens with zero attached hydrogens (tertiary/aromatic N) is 6. The molecule has 2 N–H and O–H groups in total. The van der Waals surface area contributed by atoms with E-state index in [0.717, 1.165) is 59.6 Å². The van der Waals surface area contributed by atoms with Crippen molar-refractivity contribution in [3.63, 3.8) is 0 Å². The molecule has 1 saturated carbocycles. The van der Waals surface area contributed by atoms with Crippen molar-refractivity contribution in [2.45, 2.75) is 25.3 Å². The highest BCUT2D eigenvalue weighted by molar-refractivity contribution is 6.02. The molecule has 0 amide bonds. The second-order valence-corrected chi connectivity index (χ2v) is 8.06. The Bertz CT molecular complexity index is 1190. The van der Waals surface area contributed by atoms with E-state index in [1.54, 1.807) is 0 Å². The van der Waals surface area contributed by atoms with Gasteiger partial charge in [0.2, 0.25) is 5.95 Å². The summed E-state index contributed by atoms with van der Waals surface area (Å²) in [5.74, 6) is 1.30. The standard InChI is InChI=1S/C22H24N8/c1-2-16(3-1)30-14-26-18-6-4-15-12-25-22(28-20(15)21(18)30)27-19-7-5-17(13-24-19)29-10-8-23-9-11-29/h4-7,12-14,16,23H,1-3,8-11H2,(H,24,25,27,28). The van der Waals surface area contributed by atoms with Crippen LogP contribution in [0.15, 0.2) is 43.0 Å². The highest BCUT2D eigenvalue weighted by Crippen LogP contribution is 2.35. The van der Waals surface area contributed by atoms with E-state index < -0.39 is 0 Å². The Hall–Kier alpha value is -3.26. The molecule has 8 nitrogen and oxygen atoms in total. The number of anilines is 3. The highest BCUT2D eigenvalue weighted by Gasteiger charge is 2.22. The van der Waals surface area contributed by atoms with Crippen LogP contribution in [0.1, 0.15) is 25.3 Å². The summed E-state index contributed by atoms with van der Waals surface area (Å²) in [4.78, 5) is 20.9. The average Bonchev–Trinajstić information content (AvgIpc) is 3.18. The maximum absolute atomic E-state index is 4.84. The zero-order valence-corrected chi connectivity index (χ0v) is 16.8. The maximum atomic E-state index is 4.84. The Labute approximate surface area is 174 Å². The van der Waals surface area contributed by atoms with Crippen LogP contribution in [0.25, 0.3) is 21.9 Å². The number of imidazole rings is 1. The highest BCUT2D eigenvalue weighted by atomic mass is 15.2. The van der Waals surface area contributed by atoms with E-state index in [0.29, 0.717) is 12.0 Å². The van der Waals surface area contributed by atoms with Gasteiger partial charge in [0.15, 0.2) is 0 Å². The fourth-order valence-electron chi connectivity index (χ4n) is 4.30. The lowest BCUT2D eigenvalue weighted by atomic mass is 9.93. The van der Waals surface area contributed by atoms with E-state index in [-0.39, 0.29) is 0 Å². The van der Waals surface area contributed by atoms with Crippen molar-refractivity contribution in [1.82, 2.24) is 29.8 Å². The van der Waals surface area contributed by atoms with Crippen molar-refractivity contribution in [3.05, 3.63) is 43.0 Å². The van der Waals surface area contributed by atoms with E-state index in [2.05, 4.69) is 47.2 Å². The van der Waals surface area contributed by atoms with Gasteiger partial charge in [0.05, 0.1) is 29.2 Å². The van der Waals surface area contributed by atoms with Crippen LogP contribution in [0, 0.1) is 0 Å². The largest absolute Gasteiger partial charge is 0.368 e. The van der Waals surface area contributed by atoms with E-state index in [1.807, 2.05) is 30.9 Å². The second-order valence-electron chi connectivity index (χ2n) is 8.06. The molecule has 1 aliphatic carbocycles. The Balaban J connectivity index is 1.31. The first-order valence-corrected chi connectivity index (χ1v) is 10.7. The maximum Gasteiger partial charge on any atom is 0.228 e. The summed E-state index contributed by atoms with van der Waals surface area (Å²) in [5, 5.41) is 7.66. The molecule has 0 unspecified atom stereocenters. The molecule has 0 atom stereocenters. The minimum absolute atomic E-state index is 0.533. The number of hydrogen-bond acceptors (Lipinski definition) is 7. The molecule has 3 aromatic heterocycles. The number of benzene rings is 1. The molecule has 152 valence electrons. The van der Waals surface area contributed by atoms with Gasteiger partial charge in [-0.15, -0.1) is 0 Å². The Morgan fingerprint density at radius 2 is 1.87 bits per heavy atom. The molecule has 4 heterocycles. The van der Waals surface area contributed by atoms with Gasteiger partial charge in [-0.2, -0.15) is 0 Å². The molecule has 4 aromatic rings. The van der Waals surface area contributed by atoms with Crippen molar-refractivity contribution in [3.8, 4) is 0 Å². The van der Waals surface area contributed by atoms with Crippen molar-refractivity contribution in [2.75, 3.05) is 36.4 Å². The molecule has 0 radical (unpaired) electrons. The van der Waals surface area contributed by atoms with E-state index in [1.165, 1.54) is 19.3 Å². The van der Waals surface area contributed by atoms with Gasteiger partial charge in [-0.1, -0.05) is 0 Å². The lowest BCUT2D eigenvalue weighted by Crippen LogP contribution is -2.43. The number of fused-ring (bicyclic) bond motifs is 3. The van der Waals surface area contributed by atoms with Gasteiger partial charge in [0, 0.05) is 43.8 Å².